The Bertz CT molecular complexity index is 584. The van der Waals surface area contributed by atoms with Crippen molar-refractivity contribution in [2.75, 3.05) is 5.73 Å². The molecule has 0 amide bonds. The Morgan fingerprint density at radius 1 is 1.29 bits per heavy atom. The Hall–Kier alpha value is -2.10. The van der Waals surface area contributed by atoms with E-state index in [1.54, 1.807) is 7.05 Å². The van der Waals surface area contributed by atoms with Crippen molar-refractivity contribution < 1.29 is 4.79 Å². The van der Waals surface area contributed by atoms with E-state index in [1.165, 1.54) is 10.9 Å². The van der Waals surface area contributed by atoms with E-state index in [9.17, 15) is 4.79 Å². The molecule has 0 fully saturated rings. The van der Waals surface area contributed by atoms with Gasteiger partial charge in [0.15, 0.2) is 5.78 Å². The lowest BCUT2D eigenvalue weighted by atomic mass is 9.99. The zero-order chi connectivity index (χ0) is 12.6. The number of rotatable bonds is 2. The van der Waals surface area contributed by atoms with Gasteiger partial charge in [0.05, 0.1) is 11.8 Å². The minimum atomic E-state index is -0.0758. The van der Waals surface area contributed by atoms with Crippen molar-refractivity contribution in [3.05, 3.63) is 46.6 Å². The molecule has 2 N–H and O–H groups in total. The van der Waals surface area contributed by atoms with Gasteiger partial charge in [-0.2, -0.15) is 5.10 Å². The number of hydrogen-bond acceptors (Lipinski definition) is 3. The highest BCUT2D eigenvalue weighted by molar-refractivity contribution is 6.12. The molecule has 0 aliphatic carbocycles. The lowest BCUT2D eigenvalue weighted by Crippen LogP contribution is -2.07. The standard InChI is InChI=1S/C13H15N3O/c1-8-4-5-10(9(2)6-8)12(17)11-7-15-16(3)13(11)14/h4-7H,14H2,1-3H3. The smallest absolute Gasteiger partial charge is 0.198 e. The van der Waals surface area contributed by atoms with Gasteiger partial charge in [-0.05, 0) is 19.4 Å². The van der Waals surface area contributed by atoms with Crippen LogP contribution in [-0.2, 0) is 7.05 Å². The normalized spacial score (nSPS) is 10.5. The van der Waals surface area contributed by atoms with E-state index in [0.29, 0.717) is 16.9 Å². The van der Waals surface area contributed by atoms with Gasteiger partial charge in [-0.3, -0.25) is 9.48 Å². The van der Waals surface area contributed by atoms with Gasteiger partial charge < -0.3 is 5.73 Å². The van der Waals surface area contributed by atoms with Crippen LogP contribution >= 0.6 is 0 Å². The molecule has 4 heteroatoms. The van der Waals surface area contributed by atoms with Crippen LogP contribution in [-0.4, -0.2) is 15.6 Å². The molecule has 1 aromatic carbocycles. The van der Waals surface area contributed by atoms with Crippen molar-refractivity contribution in [3.8, 4) is 0 Å². The number of hydrogen-bond donors (Lipinski definition) is 1. The molecular weight excluding hydrogens is 214 g/mol. The molecule has 2 rings (SSSR count). The third-order valence-electron chi connectivity index (χ3n) is 2.86. The summed E-state index contributed by atoms with van der Waals surface area (Å²) in [7, 11) is 1.72. The molecule has 0 radical (unpaired) electrons. The van der Waals surface area contributed by atoms with Crippen molar-refractivity contribution in [1.82, 2.24) is 9.78 Å². The molecule has 2 aromatic rings. The monoisotopic (exact) mass is 229 g/mol. The largest absolute Gasteiger partial charge is 0.383 e. The molecule has 88 valence electrons. The van der Waals surface area contributed by atoms with E-state index in [4.69, 9.17) is 5.73 Å². The first kappa shape index (κ1) is 11.4. The van der Waals surface area contributed by atoms with Crippen LogP contribution in [0, 0.1) is 13.8 Å². The highest BCUT2D eigenvalue weighted by atomic mass is 16.1. The first-order valence-corrected chi connectivity index (χ1v) is 5.40. The Morgan fingerprint density at radius 2 is 2.00 bits per heavy atom. The summed E-state index contributed by atoms with van der Waals surface area (Å²) in [4.78, 5) is 12.3. The van der Waals surface area contributed by atoms with Crippen LogP contribution in [0.4, 0.5) is 5.82 Å². The van der Waals surface area contributed by atoms with E-state index in [0.717, 1.165) is 11.1 Å². The molecule has 1 aromatic heterocycles. The van der Waals surface area contributed by atoms with Gasteiger partial charge in [-0.15, -0.1) is 0 Å². The number of carbonyl (C=O) groups excluding carboxylic acids is 1. The molecule has 0 aliphatic rings. The average molecular weight is 229 g/mol. The number of nitrogens with two attached hydrogens (primary N) is 1. The van der Waals surface area contributed by atoms with Crippen molar-refractivity contribution in [1.29, 1.82) is 0 Å². The van der Waals surface area contributed by atoms with Gasteiger partial charge in [0, 0.05) is 12.6 Å². The molecule has 0 spiro atoms. The molecule has 0 aliphatic heterocycles. The molecule has 0 saturated carbocycles. The third kappa shape index (κ3) is 1.93. The summed E-state index contributed by atoms with van der Waals surface area (Å²) in [5.74, 6) is 0.322. The number of anilines is 1. The molecule has 0 bridgehead atoms. The summed E-state index contributed by atoms with van der Waals surface area (Å²) >= 11 is 0. The Kier molecular flexibility index (Phi) is 2.71. The molecule has 0 atom stereocenters. The molecule has 17 heavy (non-hydrogen) atoms. The van der Waals surface area contributed by atoms with Gasteiger partial charge >= 0.3 is 0 Å². The third-order valence-corrected chi connectivity index (χ3v) is 2.86. The van der Waals surface area contributed by atoms with Crippen LogP contribution in [0.2, 0.25) is 0 Å². The van der Waals surface area contributed by atoms with Crippen molar-refractivity contribution in [2.24, 2.45) is 7.05 Å². The molecule has 0 saturated heterocycles. The summed E-state index contributed by atoms with van der Waals surface area (Å²) in [6.07, 6.45) is 1.51. The second-order valence-electron chi connectivity index (χ2n) is 4.21. The van der Waals surface area contributed by atoms with Gasteiger partial charge in [0.1, 0.15) is 5.82 Å². The van der Waals surface area contributed by atoms with Gasteiger partial charge in [0.2, 0.25) is 0 Å². The summed E-state index contributed by atoms with van der Waals surface area (Å²) in [6.45, 7) is 3.92. The minimum absolute atomic E-state index is 0.0758. The number of nitrogen functional groups attached to an aromatic ring is 1. The highest BCUT2D eigenvalue weighted by Gasteiger charge is 2.17. The maximum Gasteiger partial charge on any atom is 0.198 e. The van der Waals surface area contributed by atoms with Crippen LogP contribution in [0.5, 0.6) is 0 Å². The Balaban J connectivity index is 2.47. The summed E-state index contributed by atoms with van der Waals surface area (Å²) in [6, 6.07) is 5.74. The van der Waals surface area contributed by atoms with Crippen LogP contribution in [0.15, 0.2) is 24.4 Å². The number of carbonyl (C=O) groups is 1. The molecular formula is C13H15N3O. The minimum Gasteiger partial charge on any atom is -0.383 e. The number of aryl methyl sites for hydroxylation is 3. The molecule has 4 nitrogen and oxygen atoms in total. The summed E-state index contributed by atoms with van der Waals surface area (Å²) in [5, 5.41) is 3.98. The number of ketones is 1. The second kappa shape index (κ2) is 4.05. The van der Waals surface area contributed by atoms with E-state index in [-0.39, 0.29) is 5.78 Å². The predicted molar refractivity (Wildman–Crippen MR) is 67.0 cm³/mol. The van der Waals surface area contributed by atoms with Crippen LogP contribution in [0.1, 0.15) is 27.0 Å². The van der Waals surface area contributed by atoms with Crippen LogP contribution < -0.4 is 5.73 Å². The summed E-state index contributed by atoms with van der Waals surface area (Å²) in [5.41, 5.74) is 9.03. The van der Waals surface area contributed by atoms with Crippen molar-refractivity contribution >= 4 is 11.6 Å². The van der Waals surface area contributed by atoms with Gasteiger partial charge in [-0.1, -0.05) is 23.8 Å². The maximum absolute atomic E-state index is 12.3. The topological polar surface area (TPSA) is 60.9 Å². The summed E-state index contributed by atoms with van der Waals surface area (Å²) < 4.78 is 1.50. The van der Waals surface area contributed by atoms with Gasteiger partial charge in [-0.25, -0.2) is 0 Å². The fourth-order valence-corrected chi connectivity index (χ4v) is 1.84. The van der Waals surface area contributed by atoms with Gasteiger partial charge in [0.25, 0.3) is 0 Å². The predicted octanol–water partition coefficient (Wildman–Crippen LogP) is 1.85. The fourth-order valence-electron chi connectivity index (χ4n) is 1.84. The number of aromatic nitrogens is 2. The molecule has 0 unspecified atom stereocenters. The van der Waals surface area contributed by atoms with E-state index in [1.807, 2.05) is 32.0 Å². The SMILES string of the molecule is Cc1ccc(C(=O)c2cnn(C)c2N)c(C)c1. The molecule has 1 heterocycles. The number of nitrogens with zero attached hydrogens (tertiary/aromatic N) is 2. The van der Waals surface area contributed by atoms with E-state index in [2.05, 4.69) is 5.10 Å². The Morgan fingerprint density at radius 3 is 2.53 bits per heavy atom. The highest BCUT2D eigenvalue weighted by Crippen LogP contribution is 2.19. The first-order valence-electron chi connectivity index (χ1n) is 5.40. The maximum atomic E-state index is 12.3. The first-order chi connectivity index (χ1) is 8.00. The lowest BCUT2D eigenvalue weighted by Gasteiger charge is -2.05. The zero-order valence-corrected chi connectivity index (χ0v) is 10.2. The van der Waals surface area contributed by atoms with E-state index < -0.39 is 0 Å². The zero-order valence-electron chi connectivity index (χ0n) is 10.2. The average Bonchev–Trinajstić information content (AvgIpc) is 2.59. The lowest BCUT2D eigenvalue weighted by molar-refractivity contribution is 0.103. The fraction of sp³-hybridized carbons (Fsp3) is 0.231. The van der Waals surface area contributed by atoms with Crippen LogP contribution in [0.3, 0.4) is 0 Å². The quantitative estimate of drug-likeness (QED) is 0.799. The van der Waals surface area contributed by atoms with Crippen molar-refractivity contribution in [2.45, 2.75) is 13.8 Å². The number of benzene rings is 1. The Labute approximate surface area is 100 Å². The van der Waals surface area contributed by atoms with Crippen LogP contribution in [0.25, 0.3) is 0 Å². The van der Waals surface area contributed by atoms with E-state index >= 15 is 0 Å². The van der Waals surface area contributed by atoms with Crippen molar-refractivity contribution in [3.63, 3.8) is 0 Å². The second-order valence-corrected chi connectivity index (χ2v) is 4.21.